The molecule has 1 aliphatic rings. The van der Waals surface area contributed by atoms with E-state index in [1.807, 2.05) is 11.4 Å². The van der Waals surface area contributed by atoms with Gasteiger partial charge >= 0.3 is 0 Å². The SMILES string of the molecule is CN1CCC(N(C)C(=O)CCCNC(=O)c2cccs2)C1=O. The molecule has 0 spiro atoms. The smallest absolute Gasteiger partial charge is 0.261 e. The second-order valence-corrected chi connectivity index (χ2v) is 6.35. The number of nitrogens with zero attached hydrogens (tertiary/aromatic N) is 2. The predicted molar refractivity (Wildman–Crippen MR) is 84.7 cm³/mol. The predicted octanol–water partition coefficient (Wildman–Crippen LogP) is 0.947. The standard InChI is InChI=1S/C15H21N3O3S/c1-17-9-7-11(15(17)21)18(2)13(19)6-3-8-16-14(20)12-5-4-10-22-12/h4-5,10-11H,3,6-9H2,1-2H3,(H,16,20). The number of hydrogen-bond acceptors (Lipinski definition) is 4. The first-order chi connectivity index (χ1) is 10.5. The van der Waals surface area contributed by atoms with Crippen LogP contribution in [0.5, 0.6) is 0 Å². The Kier molecular flexibility index (Phi) is 5.54. The van der Waals surface area contributed by atoms with Gasteiger partial charge in [0.15, 0.2) is 0 Å². The van der Waals surface area contributed by atoms with Crippen LogP contribution in [-0.4, -0.2) is 60.7 Å². The summed E-state index contributed by atoms with van der Waals surface area (Å²) in [6.07, 6.45) is 1.58. The molecule has 1 aromatic rings. The maximum absolute atomic E-state index is 12.1. The number of likely N-dealkylation sites (N-methyl/N-ethyl adjacent to an activating group) is 2. The van der Waals surface area contributed by atoms with Crippen molar-refractivity contribution < 1.29 is 14.4 Å². The van der Waals surface area contributed by atoms with E-state index in [4.69, 9.17) is 0 Å². The van der Waals surface area contributed by atoms with Crippen LogP contribution in [0, 0.1) is 0 Å². The first kappa shape index (κ1) is 16.5. The van der Waals surface area contributed by atoms with E-state index in [0.29, 0.717) is 37.2 Å². The summed E-state index contributed by atoms with van der Waals surface area (Å²) < 4.78 is 0. The molecule has 2 rings (SSSR count). The van der Waals surface area contributed by atoms with E-state index in [1.54, 1.807) is 25.1 Å². The Hall–Kier alpha value is -1.89. The van der Waals surface area contributed by atoms with Crippen molar-refractivity contribution in [3.05, 3.63) is 22.4 Å². The Morgan fingerprint density at radius 3 is 2.86 bits per heavy atom. The number of likely N-dealkylation sites (tertiary alicyclic amines) is 1. The summed E-state index contributed by atoms with van der Waals surface area (Å²) in [5.74, 6) is -0.163. The van der Waals surface area contributed by atoms with Gasteiger partial charge in [-0.2, -0.15) is 0 Å². The third kappa shape index (κ3) is 3.85. The molecule has 1 fully saturated rings. The Morgan fingerprint density at radius 1 is 1.50 bits per heavy atom. The minimum Gasteiger partial charge on any atom is -0.351 e. The highest BCUT2D eigenvalue weighted by molar-refractivity contribution is 7.12. The number of carbonyl (C=O) groups excluding carboxylic acids is 3. The summed E-state index contributed by atoms with van der Waals surface area (Å²) in [4.78, 5) is 39.6. The van der Waals surface area contributed by atoms with Crippen molar-refractivity contribution in [1.82, 2.24) is 15.1 Å². The molecule has 1 saturated heterocycles. The zero-order valence-corrected chi connectivity index (χ0v) is 13.7. The van der Waals surface area contributed by atoms with Crippen molar-refractivity contribution >= 4 is 29.1 Å². The van der Waals surface area contributed by atoms with Crippen LogP contribution in [0.25, 0.3) is 0 Å². The quantitative estimate of drug-likeness (QED) is 0.792. The summed E-state index contributed by atoms with van der Waals surface area (Å²) in [5.41, 5.74) is 0. The third-order valence-electron chi connectivity index (χ3n) is 3.86. The molecule has 7 heteroatoms. The highest BCUT2D eigenvalue weighted by Gasteiger charge is 2.34. The number of rotatable bonds is 6. The first-order valence-electron chi connectivity index (χ1n) is 7.33. The monoisotopic (exact) mass is 323 g/mol. The maximum atomic E-state index is 12.1. The topological polar surface area (TPSA) is 69.7 Å². The Bertz CT molecular complexity index is 544. The van der Waals surface area contributed by atoms with Gasteiger partial charge in [0.1, 0.15) is 6.04 Å². The van der Waals surface area contributed by atoms with Gasteiger partial charge in [-0.1, -0.05) is 6.07 Å². The molecule has 2 heterocycles. The van der Waals surface area contributed by atoms with Crippen LogP contribution >= 0.6 is 11.3 Å². The Balaban J connectivity index is 1.69. The van der Waals surface area contributed by atoms with Crippen molar-refractivity contribution in [2.24, 2.45) is 0 Å². The fourth-order valence-electron chi connectivity index (χ4n) is 2.45. The van der Waals surface area contributed by atoms with Gasteiger partial charge < -0.3 is 15.1 Å². The van der Waals surface area contributed by atoms with Crippen LogP contribution < -0.4 is 5.32 Å². The molecule has 0 radical (unpaired) electrons. The third-order valence-corrected chi connectivity index (χ3v) is 4.73. The van der Waals surface area contributed by atoms with Crippen molar-refractivity contribution in [3.63, 3.8) is 0 Å². The van der Waals surface area contributed by atoms with Crippen LogP contribution in [-0.2, 0) is 9.59 Å². The lowest BCUT2D eigenvalue weighted by Gasteiger charge is -2.23. The molecule has 120 valence electrons. The molecule has 1 unspecified atom stereocenters. The summed E-state index contributed by atoms with van der Waals surface area (Å²) in [6, 6.07) is 3.26. The van der Waals surface area contributed by atoms with Crippen molar-refractivity contribution in [2.75, 3.05) is 27.2 Å². The van der Waals surface area contributed by atoms with Gasteiger partial charge in [0, 0.05) is 33.6 Å². The molecular formula is C15H21N3O3S. The Labute approximate surface area is 134 Å². The van der Waals surface area contributed by atoms with Crippen LogP contribution in [0.1, 0.15) is 28.9 Å². The lowest BCUT2D eigenvalue weighted by Crippen LogP contribution is -2.42. The number of carbonyl (C=O) groups is 3. The average Bonchev–Trinajstić information content (AvgIpc) is 3.14. The average molecular weight is 323 g/mol. The van der Waals surface area contributed by atoms with Crippen LogP contribution in [0.3, 0.4) is 0 Å². The van der Waals surface area contributed by atoms with Gasteiger partial charge in [-0.25, -0.2) is 0 Å². The number of amides is 3. The van der Waals surface area contributed by atoms with Crippen LogP contribution in [0.2, 0.25) is 0 Å². The van der Waals surface area contributed by atoms with E-state index in [2.05, 4.69) is 5.32 Å². The summed E-state index contributed by atoms with van der Waals surface area (Å²) in [6.45, 7) is 1.15. The summed E-state index contributed by atoms with van der Waals surface area (Å²) in [5, 5.41) is 4.64. The fourth-order valence-corrected chi connectivity index (χ4v) is 3.09. The van der Waals surface area contributed by atoms with Gasteiger partial charge in [0.2, 0.25) is 11.8 Å². The van der Waals surface area contributed by atoms with Crippen LogP contribution in [0.4, 0.5) is 0 Å². The first-order valence-corrected chi connectivity index (χ1v) is 8.21. The lowest BCUT2D eigenvalue weighted by molar-refractivity contribution is -0.140. The highest BCUT2D eigenvalue weighted by Crippen LogP contribution is 2.15. The summed E-state index contributed by atoms with van der Waals surface area (Å²) in [7, 11) is 3.43. The zero-order valence-electron chi connectivity index (χ0n) is 12.9. The molecule has 0 aliphatic carbocycles. The molecule has 6 nitrogen and oxygen atoms in total. The lowest BCUT2D eigenvalue weighted by atomic mass is 10.2. The van der Waals surface area contributed by atoms with Crippen molar-refractivity contribution in [2.45, 2.75) is 25.3 Å². The van der Waals surface area contributed by atoms with Crippen LogP contribution in [0.15, 0.2) is 17.5 Å². The number of nitrogens with one attached hydrogen (secondary N) is 1. The van der Waals surface area contributed by atoms with E-state index in [1.165, 1.54) is 16.2 Å². The molecule has 0 bridgehead atoms. The van der Waals surface area contributed by atoms with E-state index in [-0.39, 0.29) is 23.8 Å². The largest absolute Gasteiger partial charge is 0.351 e. The minimum atomic E-state index is -0.335. The van der Waals surface area contributed by atoms with E-state index < -0.39 is 0 Å². The molecule has 0 aromatic carbocycles. The van der Waals surface area contributed by atoms with Gasteiger partial charge in [-0.3, -0.25) is 14.4 Å². The molecule has 1 N–H and O–H groups in total. The molecule has 3 amide bonds. The fraction of sp³-hybridized carbons (Fsp3) is 0.533. The van der Waals surface area contributed by atoms with Crippen molar-refractivity contribution in [1.29, 1.82) is 0 Å². The van der Waals surface area contributed by atoms with Gasteiger partial charge in [-0.05, 0) is 24.3 Å². The second-order valence-electron chi connectivity index (χ2n) is 5.41. The number of thiophene rings is 1. The highest BCUT2D eigenvalue weighted by atomic mass is 32.1. The molecular weight excluding hydrogens is 302 g/mol. The maximum Gasteiger partial charge on any atom is 0.261 e. The molecule has 22 heavy (non-hydrogen) atoms. The van der Waals surface area contributed by atoms with E-state index in [0.717, 1.165) is 0 Å². The van der Waals surface area contributed by atoms with Crippen molar-refractivity contribution in [3.8, 4) is 0 Å². The van der Waals surface area contributed by atoms with Gasteiger partial charge in [0.25, 0.3) is 5.91 Å². The van der Waals surface area contributed by atoms with Gasteiger partial charge in [-0.15, -0.1) is 11.3 Å². The summed E-state index contributed by atoms with van der Waals surface area (Å²) >= 11 is 1.39. The Morgan fingerprint density at radius 2 is 2.27 bits per heavy atom. The van der Waals surface area contributed by atoms with Gasteiger partial charge in [0.05, 0.1) is 4.88 Å². The molecule has 1 atom stereocenters. The normalized spacial score (nSPS) is 17.6. The number of hydrogen-bond donors (Lipinski definition) is 1. The molecule has 1 aliphatic heterocycles. The zero-order chi connectivity index (χ0) is 16.1. The molecule has 0 saturated carbocycles. The van der Waals surface area contributed by atoms with E-state index >= 15 is 0 Å². The minimum absolute atomic E-state index is 0.00171. The second kappa shape index (κ2) is 7.40. The molecule has 1 aromatic heterocycles. The van der Waals surface area contributed by atoms with E-state index in [9.17, 15) is 14.4 Å².